The van der Waals surface area contributed by atoms with E-state index >= 15 is 0 Å². The molecule has 1 aliphatic rings. The molecule has 0 fully saturated rings. The highest BCUT2D eigenvalue weighted by Crippen LogP contribution is 1.93. The van der Waals surface area contributed by atoms with Crippen LogP contribution >= 0.6 is 0 Å². The molecule has 0 aromatic carbocycles. The van der Waals surface area contributed by atoms with Gasteiger partial charge in [0.15, 0.2) is 0 Å². The third-order valence-corrected chi connectivity index (χ3v) is 1.29. The van der Waals surface area contributed by atoms with Crippen LogP contribution in [-0.4, -0.2) is 23.3 Å². The normalized spacial score (nSPS) is 19.0. The molecule has 0 bridgehead atoms. The molecule has 7 heavy (non-hydrogen) atoms. The van der Waals surface area contributed by atoms with Crippen molar-refractivity contribution in [2.24, 2.45) is 4.99 Å². The van der Waals surface area contributed by atoms with Gasteiger partial charge in [0.05, 0.1) is 7.05 Å². The SMILES string of the molecule is CC1=NC(C)=[N+]1C. The van der Waals surface area contributed by atoms with Crippen molar-refractivity contribution in [1.82, 2.24) is 0 Å². The van der Waals surface area contributed by atoms with Crippen LogP contribution in [0.4, 0.5) is 0 Å². The molecule has 1 rings (SSSR count). The Morgan fingerprint density at radius 1 is 1.43 bits per heavy atom. The van der Waals surface area contributed by atoms with Gasteiger partial charge in [0.1, 0.15) is 0 Å². The molecule has 0 radical (unpaired) electrons. The van der Waals surface area contributed by atoms with Gasteiger partial charge in [-0.25, -0.2) is 4.58 Å². The Bertz CT molecular complexity index is 153. The molecular weight excluding hydrogens is 88.1 g/mol. The molecule has 0 aliphatic carbocycles. The quantitative estimate of drug-likeness (QED) is 0.391. The van der Waals surface area contributed by atoms with E-state index in [0.717, 1.165) is 11.7 Å². The fourth-order valence-corrected chi connectivity index (χ4v) is 0.574. The summed E-state index contributed by atoms with van der Waals surface area (Å²) < 4.78 is 2.06. The minimum absolute atomic E-state index is 1.11. The zero-order chi connectivity index (χ0) is 5.44. The number of aliphatic imine (C=N–C) groups is 1. The molecule has 0 saturated heterocycles. The van der Waals surface area contributed by atoms with Crippen molar-refractivity contribution in [3.63, 3.8) is 0 Å². The summed E-state index contributed by atoms with van der Waals surface area (Å²) in [6.07, 6.45) is 0. The van der Waals surface area contributed by atoms with E-state index in [1.807, 2.05) is 20.9 Å². The second-order valence-corrected chi connectivity index (χ2v) is 1.77. The molecule has 0 aromatic heterocycles. The van der Waals surface area contributed by atoms with Gasteiger partial charge in [0.2, 0.25) is 11.7 Å². The van der Waals surface area contributed by atoms with Gasteiger partial charge >= 0.3 is 0 Å². The summed E-state index contributed by atoms with van der Waals surface area (Å²) in [7, 11) is 2.01. The van der Waals surface area contributed by atoms with E-state index in [0.29, 0.717) is 0 Å². The maximum absolute atomic E-state index is 4.06. The fraction of sp³-hybridized carbons (Fsp3) is 0.600. The average Bonchev–Trinajstić information content (AvgIpc) is 1.68. The first-order valence-corrected chi connectivity index (χ1v) is 2.34. The number of hydrogen-bond donors (Lipinski definition) is 0. The minimum Gasteiger partial charge on any atom is -0.238 e. The van der Waals surface area contributed by atoms with E-state index in [-0.39, 0.29) is 0 Å². The number of nitrogens with zero attached hydrogens (tertiary/aromatic N) is 2. The zero-order valence-corrected chi connectivity index (χ0v) is 4.89. The molecule has 0 unspecified atom stereocenters. The van der Waals surface area contributed by atoms with E-state index in [2.05, 4.69) is 9.57 Å². The van der Waals surface area contributed by atoms with Crippen molar-refractivity contribution >= 4 is 11.7 Å². The minimum atomic E-state index is 1.11. The summed E-state index contributed by atoms with van der Waals surface area (Å²) in [4.78, 5) is 4.06. The van der Waals surface area contributed by atoms with Crippen LogP contribution in [-0.2, 0) is 0 Å². The van der Waals surface area contributed by atoms with E-state index in [1.165, 1.54) is 0 Å². The molecule has 2 nitrogen and oxygen atoms in total. The van der Waals surface area contributed by atoms with Crippen LogP contribution in [0.3, 0.4) is 0 Å². The van der Waals surface area contributed by atoms with Crippen LogP contribution < -0.4 is 0 Å². The Morgan fingerprint density at radius 3 is 2.00 bits per heavy atom. The highest BCUT2D eigenvalue weighted by atomic mass is 15.2. The van der Waals surface area contributed by atoms with Crippen LogP contribution in [0.2, 0.25) is 0 Å². The Balaban J connectivity index is 2.73. The van der Waals surface area contributed by atoms with Crippen LogP contribution in [0.15, 0.2) is 4.99 Å². The summed E-state index contributed by atoms with van der Waals surface area (Å²) in [5.74, 6) is 2.22. The topological polar surface area (TPSA) is 15.4 Å². The zero-order valence-electron chi connectivity index (χ0n) is 4.89. The van der Waals surface area contributed by atoms with Crippen molar-refractivity contribution in [1.29, 1.82) is 0 Å². The molecule has 1 aliphatic heterocycles. The molecule has 1 heterocycles. The Hall–Kier alpha value is -0.660. The maximum atomic E-state index is 4.06. The number of hydrogen-bond acceptors (Lipinski definition) is 1. The third-order valence-electron chi connectivity index (χ3n) is 1.29. The van der Waals surface area contributed by atoms with Crippen LogP contribution in [0.25, 0.3) is 0 Å². The highest BCUT2D eigenvalue weighted by Gasteiger charge is 2.14. The second-order valence-electron chi connectivity index (χ2n) is 1.77. The average molecular weight is 97.1 g/mol. The molecule has 38 valence electrons. The third kappa shape index (κ3) is 0.463. The van der Waals surface area contributed by atoms with Crippen molar-refractivity contribution in [2.75, 3.05) is 7.05 Å². The molecular formula is C5H9N2+. The maximum Gasteiger partial charge on any atom is 0.238 e. The lowest BCUT2D eigenvalue weighted by atomic mass is 10.5. The first-order chi connectivity index (χ1) is 3.22. The Kier molecular flexibility index (Phi) is 0.741. The molecule has 2 heteroatoms. The number of rotatable bonds is 0. The van der Waals surface area contributed by atoms with Crippen molar-refractivity contribution < 1.29 is 4.58 Å². The smallest absolute Gasteiger partial charge is 0.238 e. The van der Waals surface area contributed by atoms with Gasteiger partial charge in [-0.05, 0) is 0 Å². The second kappa shape index (κ2) is 1.15. The largest absolute Gasteiger partial charge is 0.238 e. The lowest BCUT2D eigenvalue weighted by molar-refractivity contribution is -0.386. The Morgan fingerprint density at radius 2 is 2.00 bits per heavy atom. The summed E-state index contributed by atoms with van der Waals surface area (Å²) in [6, 6.07) is 0. The molecule has 0 saturated carbocycles. The van der Waals surface area contributed by atoms with Crippen LogP contribution in [0.1, 0.15) is 13.8 Å². The molecule has 0 N–H and O–H groups in total. The summed E-state index contributed by atoms with van der Waals surface area (Å²) >= 11 is 0. The molecule has 0 spiro atoms. The lowest BCUT2D eigenvalue weighted by Gasteiger charge is -2.06. The monoisotopic (exact) mass is 97.1 g/mol. The van der Waals surface area contributed by atoms with Gasteiger partial charge < -0.3 is 0 Å². The van der Waals surface area contributed by atoms with E-state index < -0.39 is 0 Å². The van der Waals surface area contributed by atoms with Crippen LogP contribution in [0, 0.1) is 0 Å². The predicted octanol–water partition coefficient (Wildman–Crippen LogP) is 0.479. The summed E-state index contributed by atoms with van der Waals surface area (Å²) in [5, 5.41) is 0. The molecule has 0 atom stereocenters. The predicted molar refractivity (Wildman–Crippen MR) is 30.0 cm³/mol. The van der Waals surface area contributed by atoms with E-state index in [4.69, 9.17) is 0 Å². The van der Waals surface area contributed by atoms with Gasteiger partial charge in [-0.3, -0.25) is 0 Å². The molecule has 0 amide bonds. The summed E-state index contributed by atoms with van der Waals surface area (Å²) in [5.41, 5.74) is 0. The first-order valence-electron chi connectivity index (χ1n) is 2.34. The van der Waals surface area contributed by atoms with Crippen molar-refractivity contribution in [3.8, 4) is 0 Å². The van der Waals surface area contributed by atoms with E-state index in [1.54, 1.807) is 0 Å². The standard InChI is InChI=1S/C5H9N2/c1-4-6-5(2)7(4)3/h1-3H3/q+1. The van der Waals surface area contributed by atoms with Gasteiger partial charge in [0, 0.05) is 13.8 Å². The molecule has 0 aromatic rings. The van der Waals surface area contributed by atoms with E-state index in [9.17, 15) is 0 Å². The van der Waals surface area contributed by atoms with Gasteiger partial charge in [-0.1, -0.05) is 4.99 Å². The Labute approximate surface area is 43.2 Å². The fourth-order valence-electron chi connectivity index (χ4n) is 0.574. The first kappa shape index (κ1) is 4.50. The highest BCUT2D eigenvalue weighted by molar-refractivity contribution is 5.98. The summed E-state index contributed by atoms with van der Waals surface area (Å²) in [6.45, 7) is 3.99. The lowest BCUT2D eigenvalue weighted by Crippen LogP contribution is -2.28. The van der Waals surface area contributed by atoms with Crippen molar-refractivity contribution in [2.45, 2.75) is 13.8 Å². The van der Waals surface area contributed by atoms with Crippen molar-refractivity contribution in [3.05, 3.63) is 0 Å². The van der Waals surface area contributed by atoms with Gasteiger partial charge in [0.25, 0.3) is 0 Å². The van der Waals surface area contributed by atoms with Crippen LogP contribution in [0.5, 0.6) is 0 Å². The van der Waals surface area contributed by atoms with Gasteiger partial charge in [-0.15, -0.1) is 0 Å². The van der Waals surface area contributed by atoms with Gasteiger partial charge in [-0.2, -0.15) is 0 Å². The number of amidine groups is 2.